The van der Waals surface area contributed by atoms with E-state index in [9.17, 15) is 0 Å². The number of aliphatic imine (C=N–C) groups is 1. The summed E-state index contributed by atoms with van der Waals surface area (Å²) in [5.41, 5.74) is 0. The Morgan fingerprint density at radius 3 is 2.58 bits per heavy atom. The van der Waals surface area contributed by atoms with Crippen LogP contribution in [0.5, 0.6) is 0 Å². The third-order valence-corrected chi connectivity index (χ3v) is 7.06. The molecule has 142 valence electrons. The van der Waals surface area contributed by atoms with Gasteiger partial charge in [0.25, 0.3) is 0 Å². The van der Waals surface area contributed by atoms with Crippen LogP contribution in [-0.4, -0.2) is 49.8 Å². The minimum absolute atomic E-state index is 0. The van der Waals surface area contributed by atoms with Gasteiger partial charge in [0, 0.05) is 37.6 Å². The van der Waals surface area contributed by atoms with E-state index < -0.39 is 0 Å². The Balaban J connectivity index is 0.00000288. The molecule has 2 aliphatic rings. The quantitative estimate of drug-likeness (QED) is 0.364. The molecule has 0 aromatic heterocycles. The lowest BCUT2D eigenvalue weighted by Gasteiger charge is -2.37. The van der Waals surface area contributed by atoms with E-state index in [2.05, 4.69) is 35.7 Å². The monoisotopic (exact) mass is 469 g/mol. The zero-order valence-electron chi connectivity index (χ0n) is 15.8. The van der Waals surface area contributed by atoms with Gasteiger partial charge in [-0.05, 0) is 43.8 Å². The van der Waals surface area contributed by atoms with Crippen molar-refractivity contribution in [2.24, 2.45) is 16.8 Å². The number of hydrogen-bond donors (Lipinski definition) is 2. The molecule has 0 radical (unpaired) electrons. The lowest BCUT2D eigenvalue weighted by atomic mass is 9.79. The third kappa shape index (κ3) is 6.56. The lowest BCUT2D eigenvalue weighted by Crippen LogP contribution is -2.51. The van der Waals surface area contributed by atoms with Crippen molar-refractivity contribution in [2.75, 3.05) is 33.1 Å². The van der Waals surface area contributed by atoms with Gasteiger partial charge in [0.2, 0.25) is 0 Å². The second-order valence-corrected chi connectivity index (χ2v) is 8.71. The SMILES string of the molecule is CN=C(NCC1(SC)CCOCC1)NC1CCCC(C(C)C)C1.I. The molecule has 0 aromatic rings. The summed E-state index contributed by atoms with van der Waals surface area (Å²) in [7, 11) is 1.88. The minimum Gasteiger partial charge on any atom is -0.381 e. The Bertz CT molecular complexity index is 386. The van der Waals surface area contributed by atoms with Crippen LogP contribution < -0.4 is 10.6 Å². The van der Waals surface area contributed by atoms with E-state index in [0.717, 1.165) is 50.4 Å². The molecule has 0 spiro atoms. The number of halogens is 1. The zero-order chi connectivity index (χ0) is 16.7. The molecule has 24 heavy (non-hydrogen) atoms. The number of ether oxygens (including phenoxy) is 1. The van der Waals surface area contributed by atoms with Crippen LogP contribution in [0, 0.1) is 11.8 Å². The molecule has 1 saturated heterocycles. The summed E-state index contributed by atoms with van der Waals surface area (Å²) in [6.07, 6.45) is 9.73. The van der Waals surface area contributed by atoms with Crippen molar-refractivity contribution in [1.29, 1.82) is 0 Å². The molecule has 2 fully saturated rings. The molecule has 2 unspecified atom stereocenters. The van der Waals surface area contributed by atoms with Gasteiger partial charge in [0.05, 0.1) is 0 Å². The van der Waals surface area contributed by atoms with E-state index in [0.29, 0.717) is 10.8 Å². The molecule has 6 heteroatoms. The standard InChI is InChI=1S/C18H35N3OS.HI/c1-14(2)15-6-5-7-16(12-15)21-17(19-3)20-13-18(23-4)8-10-22-11-9-18;/h14-16H,5-13H2,1-4H3,(H2,19,20,21);1H. The normalized spacial score (nSPS) is 27.5. The maximum atomic E-state index is 5.53. The Hall–Kier alpha value is 0.310. The fraction of sp³-hybridized carbons (Fsp3) is 0.944. The molecule has 0 amide bonds. The van der Waals surface area contributed by atoms with Gasteiger partial charge in [-0.3, -0.25) is 4.99 Å². The first-order valence-corrected chi connectivity index (χ1v) is 10.4. The lowest BCUT2D eigenvalue weighted by molar-refractivity contribution is 0.0782. The molecule has 4 nitrogen and oxygen atoms in total. The van der Waals surface area contributed by atoms with E-state index in [1.165, 1.54) is 25.7 Å². The van der Waals surface area contributed by atoms with Crippen LogP contribution >= 0.6 is 35.7 Å². The first-order valence-electron chi connectivity index (χ1n) is 9.18. The fourth-order valence-electron chi connectivity index (χ4n) is 3.79. The van der Waals surface area contributed by atoms with Crippen molar-refractivity contribution in [1.82, 2.24) is 10.6 Å². The van der Waals surface area contributed by atoms with E-state index in [-0.39, 0.29) is 24.0 Å². The van der Waals surface area contributed by atoms with E-state index in [1.807, 2.05) is 18.8 Å². The van der Waals surface area contributed by atoms with Gasteiger partial charge in [-0.15, -0.1) is 24.0 Å². The van der Waals surface area contributed by atoms with Gasteiger partial charge in [0.15, 0.2) is 5.96 Å². The predicted octanol–water partition coefficient (Wildman–Crippen LogP) is 3.90. The number of guanidine groups is 1. The Kier molecular flexibility index (Phi) is 10.4. The van der Waals surface area contributed by atoms with Crippen molar-refractivity contribution < 1.29 is 4.74 Å². The number of rotatable bonds is 5. The van der Waals surface area contributed by atoms with Crippen molar-refractivity contribution >= 4 is 41.7 Å². The number of nitrogens with zero attached hydrogens (tertiary/aromatic N) is 1. The van der Waals surface area contributed by atoms with Gasteiger partial charge < -0.3 is 15.4 Å². The molecule has 1 aliphatic heterocycles. The Morgan fingerprint density at radius 1 is 1.29 bits per heavy atom. The van der Waals surface area contributed by atoms with Crippen LogP contribution in [0.3, 0.4) is 0 Å². The maximum absolute atomic E-state index is 5.53. The minimum atomic E-state index is 0. The first-order chi connectivity index (χ1) is 11.1. The largest absolute Gasteiger partial charge is 0.381 e. The van der Waals surface area contributed by atoms with Crippen LogP contribution in [0.2, 0.25) is 0 Å². The van der Waals surface area contributed by atoms with Crippen LogP contribution in [0.4, 0.5) is 0 Å². The summed E-state index contributed by atoms with van der Waals surface area (Å²) in [5, 5.41) is 7.25. The molecule has 1 aliphatic carbocycles. The van der Waals surface area contributed by atoms with Gasteiger partial charge >= 0.3 is 0 Å². The summed E-state index contributed by atoms with van der Waals surface area (Å²) in [6.45, 7) is 7.44. The molecule has 2 atom stereocenters. The van der Waals surface area contributed by atoms with Gasteiger partial charge in [0.1, 0.15) is 0 Å². The summed E-state index contributed by atoms with van der Waals surface area (Å²) in [5.74, 6) is 2.61. The highest BCUT2D eigenvalue weighted by Crippen LogP contribution is 2.33. The number of nitrogens with one attached hydrogen (secondary N) is 2. The van der Waals surface area contributed by atoms with Gasteiger partial charge in [-0.2, -0.15) is 11.8 Å². The van der Waals surface area contributed by atoms with Crippen molar-refractivity contribution in [3.8, 4) is 0 Å². The van der Waals surface area contributed by atoms with Gasteiger partial charge in [-0.25, -0.2) is 0 Å². The van der Waals surface area contributed by atoms with Crippen LogP contribution in [-0.2, 0) is 4.74 Å². The molecule has 0 bridgehead atoms. The van der Waals surface area contributed by atoms with Gasteiger partial charge in [-0.1, -0.05) is 26.7 Å². The fourth-order valence-corrected chi connectivity index (χ4v) is 4.58. The Labute approximate surface area is 169 Å². The Morgan fingerprint density at radius 2 is 2.00 bits per heavy atom. The molecule has 0 aromatic carbocycles. The first kappa shape index (κ1) is 22.4. The van der Waals surface area contributed by atoms with Crippen molar-refractivity contribution in [3.05, 3.63) is 0 Å². The molecule has 2 N–H and O–H groups in total. The summed E-state index contributed by atoms with van der Waals surface area (Å²) in [4.78, 5) is 4.46. The third-order valence-electron chi connectivity index (χ3n) is 5.64. The molecule has 2 rings (SSSR count). The molecule has 1 heterocycles. The number of hydrogen-bond acceptors (Lipinski definition) is 3. The highest BCUT2D eigenvalue weighted by molar-refractivity contribution is 14.0. The highest BCUT2D eigenvalue weighted by atomic mass is 127. The summed E-state index contributed by atoms with van der Waals surface area (Å²) >= 11 is 1.97. The maximum Gasteiger partial charge on any atom is 0.191 e. The van der Waals surface area contributed by atoms with Crippen LogP contribution in [0.1, 0.15) is 52.4 Å². The average Bonchev–Trinajstić information content (AvgIpc) is 2.59. The van der Waals surface area contributed by atoms with Crippen molar-refractivity contribution in [2.45, 2.75) is 63.2 Å². The number of thioether (sulfide) groups is 1. The van der Waals surface area contributed by atoms with Crippen molar-refractivity contribution in [3.63, 3.8) is 0 Å². The van der Waals surface area contributed by atoms with E-state index in [4.69, 9.17) is 4.74 Å². The molecule has 1 saturated carbocycles. The zero-order valence-corrected chi connectivity index (χ0v) is 18.9. The molecular formula is C18H36IN3OS. The average molecular weight is 469 g/mol. The summed E-state index contributed by atoms with van der Waals surface area (Å²) in [6, 6.07) is 0.572. The second kappa shape index (κ2) is 11.1. The smallest absolute Gasteiger partial charge is 0.191 e. The topological polar surface area (TPSA) is 45.7 Å². The highest BCUT2D eigenvalue weighted by Gasteiger charge is 2.32. The van der Waals surface area contributed by atoms with E-state index >= 15 is 0 Å². The van der Waals surface area contributed by atoms with E-state index in [1.54, 1.807) is 0 Å². The molecular weight excluding hydrogens is 433 g/mol. The second-order valence-electron chi connectivity index (χ2n) is 7.44. The summed E-state index contributed by atoms with van der Waals surface area (Å²) < 4.78 is 5.82. The van der Waals surface area contributed by atoms with Crippen LogP contribution in [0.25, 0.3) is 0 Å². The predicted molar refractivity (Wildman–Crippen MR) is 117 cm³/mol. The van der Waals surface area contributed by atoms with Crippen LogP contribution in [0.15, 0.2) is 4.99 Å².